The standard InChI is InChI=1S/C21H39NO3/c1-5-7-9-10-12-19(11-8-6-2)17-22-20(23)15-16-25-21(24)14-13-18(3)4/h19H,3,5-17H2,1-2,4H3,(H,22,23). The van der Waals surface area contributed by atoms with Crippen LogP contribution >= 0.6 is 0 Å². The van der Waals surface area contributed by atoms with Gasteiger partial charge in [0.2, 0.25) is 5.91 Å². The third kappa shape index (κ3) is 15.9. The molecule has 0 aliphatic heterocycles. The second-order valence-corrected chi connectivity index (χ2v) is 7.09. The molecule has 25 heavy (non-hydrogen) atoms. The van der Waals surface area contributed by atoms with E-state index >= 15 is 0 Å². The topological polar surface area (TPSA) is 55.4 Å². The first kappa shape index (κ1) is 23.7. The predicted molar refractivity (Wildman–Crippen MR) is 104 cm³/mol. The van der Waals surface area contributed by atoms with Gasteiger partial charge in [0.25, 0.3) is 0 Å². The van der Waals surface area contributed by atoms with Gasteiger partial charge in [-0.1, -0.05) is 57.9 Å². The molecule has 0 aromatic heterocycles. The van der Waals surface area contributed by atoms with E-state index in [1.807, 2.05) is 6.92 Å². The fraction of sp³-hybridized carbons (Fsp3) is 0.810. The Kier molecular flexibility index (Phi) is 15.3. The summed E-state index contributed by atoms with van der Waals surface area (Å²) in [4.78, 5) is 23.4. The maximum absolute atomic E-state index is 11.9. The SMILES string of the molecule is C=C(C)CCC(=O)OCCC(=O)NCC(CCCC)CCCCCC. The molecule has 1 N–H and O–H groups in total. The summed E-state index contributed by atoms with van der Waals surface area (Å²) >= 11 is 0. The van der Waals surface area contributed by atoms with Gasteiger partial charge in [-0.2, -0.15) is 0 Å². The van der Waals surface area contributed by atoms with Crippen molar-refractivity contribution < 1.29 is 14.3 Å². The molecule has 1 amide bonds. The number of esters is 1. The largest absolute Gasteiger partial charge is 0.465 e. The van der Waals surface area contributed by atoms with Crippen LogP contribution in [0.15, 0.2) is 12.2 Å². The lowest BCUT2D eigenvalue weighted by Gasteiger charge is -2.17. The second-order valence-electron chi connectivity index (χ2n) is 7.09. The fourth-order valence-corrected chi connectivity index (χ4v) is 2.69. The lowest BCUT2D eigenvalue weighted by atomic mass is 9.95. The third-order valence-corrected chi connectivity index (χ3v) is 4.37. The van der Waals surface area contributed by atoms with E-state index in [2.05, 4.69) is 25.7 Å². The molecule has 0 radical (unpaired) electrons. The maximum Gasteiger partial charge on any atom is 0.306 e. The molecule has 0 aliphatic carbocycles. The van der Waals surface area contributed by atoms with Crippen molar-refractivity contribution in [2.24, 2.45) is 5.92 Å². The quantitative estimate of drug-likeness (QED) is 0.237. The van der Waals surface area contributed by atoms with E-state index in [0.717, 1.165) is 12.1 Å². The molecule has 0 rings (SSSR count). The number of nitrogens with one attached hydrogen (secondary N) is 1. The average Bonchev–Trinajstić information content (AvgIpc) is 2.58. The Morgan fingerprint density at radius 3 is 2.28 bits per heavy atom. The van der Waals surface area contributed by atoms with Crippen molar-refractivity contribution in [3.05, 3.63) is 12.2 Å². The van der Waals surface area contributed by atoms with Crippen molar-refractivity contribution in [1.29, 1.82) is 0 Å². The number of carbonyl (C=O) groups is 2. The van der Waals surface area contributed by atoms with Crippen molar-refractivity contribution in [3.63, 3.8) is 0 Å². The van der Waals surface area contributed by atoms with Crippen LogP contribution in [0.4, 0.5) is 0 Å². The summed E-state index contributed by atoms with van der Waals surface area (Å²) in [5, 5.41) is 3.01. The van der Waals surface area contributed by atoms with Gasteiger partial charge >= 0.3 is 5.97 Å². The minimum atomic E-state index is -0.257. The van der Waals surface area contributed by atoms with Crippen LogP contribution in [0.3, 0.4) is 0 Å². The number of ether oxygens (including phenoxy) is 1. The zero-order valence-electron chi connectivity index (χ0n) is 16.7. The summed E-state index contributed by atoms with van der Waals surface area (Å²) in [6, 6.07) is 0. The summed E-state index contributed by atoms with van der Waals surface area (Å²) in [7, 11) is 0. The van der Waals surface area contributed by atoms with Gasteiger partial charge in [0.1, 0.15) is 6.61 Å². The van der Waals surface area contributed by atoms with Crippen LogP contribution in [0, 0.1) is 5.92 Å². The van der Waals surface area contributed by atoms with Gasteiger partial charge in [-0.05, 0) is 32.1 Å². The van der Waals surface area contributed by atoms with Crippen LogP contribution in [0.25, 0.3) is 0 Å². The highest BCUT2D eigenvalue weighted by molar-refractivity contribution is 5.76. The van der Waals surface area contributed by atoms with Crippen molar-refractivity contribution in [3.8, 4) is 0 Å². The number of unbranched alkanes of at least 4 members (excludes halogenated alkanes) is 4. The minimum Gasteiger partial charge on any atom is -0.465 e. The number of amides is 1. The molecule has 0 spiro atoms. The molecule has 0 saturated carbocycles. The lowest BCUT2D eigenvalue weighted by Crippen LogP contribution is -2.30. The first-order chi connectivity index (χ1) is 12.0. The molecule has 0 fully saturated rings. The summed E-state index contributed by atoms with van der Waals surface area (Å²) in [6.07, 6.45) is 11.1. The van der Waals surface area contributed by atoms with Gasteiger partial charge < -0.3 is 10.1 Å². The number of allylic oxidation sites excluding steroid dienone is 1. The third-order valence-electron chi connectivity index (χ3n) is 4.37. The van der Waals surface area contributed by atoms with Crippen LogP contribution < -0.4 is 5.32 Å². The van der Waals surface area contributed by atoms with Crippen LogP contribution in [0.2, 0.25) is 0 Å². The summed E-state index contributed by atoms with van der Waals surface area (Å²) in [5.41, 5.74) is 0.965. The summed E-state index contributed by atoms with van der Waals surface area (Å²) in [5.74, 6) is 0.286. The Morgan fingerprint density at radius 1 is 0.960 bits per heavy atom. The molecular formula is C21H39NO3. The first-order valence-electron chi connectivity index (χ1n) is 10.1. The fourth-order valence-electron chi connectivity index (χ4n) is 2.69. The molecule has 0 heterocycles. The average molecular weight is 354 g/mol. The van der Waals surface area contributed by atoms with Crippen LogP contribution in [0.5, 0.6) is 0 Å². The minimum absolute atomic E-state index is 0.0252. The Morgan fingerprint density at radius 2 is 1.64 bits per heavy atom. The molecule has 0 aromatic rings. The van der Waals surface area contributed by atoms with E-state index in [-0.39, 0.29) is 24.9 Å². The molecule has 146 valence electrons. The van der Waals surface area contributed by atoms with E-state index in [0.29, 0.717) is 18.8 Å². The van der Waals surface area contributed by atoms with Gasteiger partial charge in [-0.15, -0.1) is 6.58 Å². The van der Waals surface area contributed by atoms with Gasteiger partial charge in [0.05, 0.1) is 6.42 Å². The zero-order chi connectivity index (χ0) is 18.9. The highest BCUT2D eigenvalue weighted by atomic mass is 16.5. The number of hydrogen-bond acceptors (Lipinski definition) is 3. The van der Waals surface area contributed by atoms with Gasteiger partial charge in [0, 0.05) is 13.0 Å². The Labute approximate surface area is 154 Å². The second kappa shape index (κ2) is 16.2. The highest BCUT2D eigenvalue weighted by Crippen LogP contribution is 2.16. The monoisotopic (exact) mass is 353 g/mol. The Hall–Kier alpha value is -1.32. The summed E-state index contributed by atoms with van der Waals surface area (Å²) < 4.78 is 5.09. The summed E-state index contributed by atoms with van der Waals surface area (Å²) in [6.45, 7) is 11.0. The van der Waals surface area contributed by atoms with Gasteiger partial charge in [-0.25, -0.2) is 0 Å². The van der Waals surface area contributed by atoms with Crippen molar-refractivity contribution >= 4 is 11.9 Å². The van der Waals surface area contributed by atoms with Crippen molar-refractivity contribution in [2.75, 3.05) is 13.2 Å². The Balaban J connectivity index is 3.91. The van der Waals surface area contributed by atoms with E-state index in [1.54, 1.807) is 0 Å². The molecule has 0 aliphatic rings. The number of rotatable bonds is 16. The van der Waals surface area contributed by atoms with E-state index in [9.17, 15) is 9.59 Å². The Bertz CT molecular complexity index is 379. The van der Waals surface area contributed by atoms with Gasteiger partial charge in [0.15, 0.2) is 0 Å². The van der Waals surface area contributed by atoms with Crippen molar-refractivity contribution in [1.82, 2.24) is 5.32 Å². The first-order valence-corrected chi connectivity index (χ1v) is 10.1. The van der Waals surface area contributed by atoms with E-state index in [1.165, 1.54) is 51.4 Å². The van der Waals surface area contributed by atoms with Gasteiger partial charge in [-0.3, -0.25) is 9.59 Å². The highest BCUT2D eigenvalue weighted by Gasteiger charge is 2.11. The molecule has 0 bridgehead atoms. The molecule has 1 unspecified atom stereocenters. The molecule has 1 atom stereocenters. The maximum atomic E-state index is 11.9. The lowest BCUT2D eigenvalue weighted by molar-refractivity contribution is -0.144. The smallest absolute Gasteiger partial charge is 0.306 e. The predicted octanol–water partition coefficient (Wildman–Crippen LogP) is 5.17. The van der Waals surface area contributed by atoms with Crippen LogP contribution in [0.1, 0.15) is 91.4 Å². The normalized spacial score (nSPS) is 11.8. The van der Waals surface area contributed by atoms with Crippen LogP contribution in [-0.4, -0.2) is 25.0 Å². The zero-order valence-corrected chi connectivity index (χ0v) is 16.7. The molecule has 0 aromatic carbocycles. The van der Waals surface area contributed by atoms with Crippen molar-refractivity contribution in [2.45, 2.75) is 91.4 Å². The number of carbonyl (C=O) groups excluding carboxylic acids is 2. The number of hydrogen-bond donors (Lipinski definition) is 1. The van der Waals surface area contributed by atoms with Crippen LogP contribution in [-0.2, 0) is 14.3 Å². The molecule has 4 nitrogen and oxygen atoms in total. The molecule has 0 saturated heterocycles. The molecule has 4 heteroatoms. The van der Waals surface area contributed by atoms with E-state index < -0.39 is 0 Å². The molecular weight excluding hydrogens is 314 g/mol. The van der Waals surface area contributed by atoms with E-state index in [4.69, 9.17) is 4.74 Å².